The third kappa shape index (κ3) is 8.06. The van der Waals surface area contributed by atoms with E-state index in [9.17, 15) is 13.2 Å². The Kier molecular flexibility index (Phi) is 9.05. The fraction of sp³-hybridized carbons (Fsp3) is 0.650. The molecule has 1 aromatic carbocycles. The maximum absolute atomic E-state index is 12.4. The van der Waals surface area contributed by atoms with Crippen LogP contribution in [-0.4, -0.2) is 74.8 Å². The van der Waals surface area contributed by atoms with Crippen molar-refractivity contribution in [2.24, 2.45) is 4.99 Å². The summed E-state index contributed by atoms with van der Waals surface area (Å²) in [5.74, 6) is 0.642. The molecule has 2 N–H and O–H groups in total. The topological polar surface area (TPSA) is 42.9 Å². The van der Waals surface area contributed by atoms with Crippen LogP contribution in [0.2, 0.25) is 0 Å². The van der Waals surface area contributed by atoms with Crippen molar-refractivity contribution in [1.82, 2.24) is 20.4 Å². The number of benzene rings is 1. The monoisotopic (exact) mass is 399 g/mol. The highest BCUT2D eigenvalue weighted by Gasteiger charge is 2.28. The van der Waals surface area contributed by atoms with Crippen LogP contribution in [0, 0.1) is 0 Å². The first-order valence-corrected chi connectivity index (χ1v) is 9.95. The Labute approximate surface area is 166 Å². The molecule has 1 aromatic rings. The predicted molar refractivity (Wildman–Crippen MR) is 108 cm³/mol. The maximum atomic E-state index is 12.4. The molecule has 158 valence electrons. The van der Waals surface area contributed by atoms with Gasteiger partial charge in [-0.3, -0.25) is 14.8 Å². The van der Waals surface area contributed by atoms with Gasteiger partial charge >= 0.3 is 6.18 Å². The van der Waals surface area contributed by atoms with E-state index in [-0.39, 0.29) is 12.6 Å². The lowest BCUT2D eigenvalue weighted by Gasteiger charge is -2.27. The number of likely N-dealkylation sites (N-methyl/N-ethyl adjacent to an activating group) is 1. The van der Waals surface area contributed by atoms with Gasteiger partial charge in [-0.05, 0) is 45.5 Å². The first kappa shape index (κ1) is 22.5. The van der Waals surface area contributed by atoms with Gasteiger partial charge in [0.15, 0.2) is 5.96 Å². The lowest BCUT2D eigenvalue weighted by molar-refractivity contribution is -0.142. The van der Waals surface area contributed by atoms with Gasteiger partial charge in [0.05, 0.1) is 19.1 Å². The van der Waals surface area contributed by atoms with Crippen molar-refractivity contribution < 1.29 is 13.2 Å². The number of halogens is 3. The van der Waals surface area contributed by atoms with Crippen molar-refractivity contribution in [3.05, 3.63) is 35.9 Å². The van der Waals surface area contributed by atoms with Crippen LogP contribution < -0.4 is 10.6 Å². The average molecular weight is 400 g/mol. The number of guanidine groups is 1. The summed E-state index contributed by atoms with van der Waals surface area (Å²) in [6, 6.07) is 10.6. The second kappa shape index (κ2) is 11.3. The quantitative estimate of drug-likeness (QED) is 0.495. The van der Waals surface area contributed by atoms with Gasteiger partial charge in [0.2, 0.25) is 0 Å². The summed E-state index contributed by atoms with van der Waals surface area (Å²) in [6.07, 6.45) is -1.76. The highest BCUT2D eigenvalue weighted by atomic mass is 19.4. The minimum Gasteiger partial charge on any atom is -0.357 e. The molecule has 0 saturated carbocycles. The van der Waals surface area contributed by atoms with E-state index >= 15 is 0 Å². The van der Waals surface area contributed by atoms with Gasteiger partial charge in [0.1, 0.15) is 0 Å². The molecular weight excluding hydrogens is 367 g/mol. The maximum Gasteiger partial charge on any atom is 0.401 e. The van der Waals surface area contributed by atoms with Gasteiger partial charge in [0, 0.05) is 19.6 Å². The number of aliphatic imine (C=N–C) groups is 1. The molecular formula is C20H32F3N5. The fourth-order valence-electron chi connectivity index (χ4n) is 3.43. The van der Waals surface area contributed by atoms with E-state index in [1.807, 2.05) is 25.1 Å². The molecule has 1 unspecified atom stereocenters. The Hall–Kier alpha value is -1.80. The zero-order valence-corrected chi connectivity index (χ0v) is 16.8. The molecule has 0 bridgehead atoms. The van der Waals surface area contributed by atoms with Gasteiger partial charge in [-0.2, -0.15) is 13.2 Å². The van der Waals surface area contributed by atoms with Crippen LogP contribution in [-0.2, 0) is 0 Å². The van der Waals surface area contributed by atoms with E-state index in [1.54, 1.807) is 0 Å². The summed E-state index contributed by atoms with van der Waals surface area (Å²) in [4.78, 5) is 8.43. The number of likely N-dealkylation sites (tertiary alicyclic amines) is 1. The van der Waals surface area contributed by atoms with Crippen molar-refractivity contribution in [2.45, 2.75) is 32.0 Å². The second-order valence-electron chi connectivity index (χ2n) is 7.17. The van der Waals surface area contributed by atoms with Crippen molar-refractivity contribution in [2.75, 3.05) is 52.9 Å². The van der Waals surface area contributed by atoms with E-state index in [0.717, 1.165) is 13.1 Å². The number of hydrogen-bond donors (Lipinski definition) is 2. The third-order valence-corrected chi connectivity index (χ3v) is 4.77. The van der Waals surface area contributed by atoms with Gasteiger partial charge < -0.3 is 10.6 Å². The van der Waals surface area contributed by atoms with Crippen molar-refractivity contribution >= 4 is 5.96 Å². The van der Waals surface area contributed by atoms with E-state index in [1.165, 1.54) is 30.4 Å². The SMILES string of the molecule is CCNC(=NCC(c1ccccc1)N1CCCC1)NCCN(C)CC(F)(F)F. The molecule has 0 spiro atoms. The first-order chi connectivity index (χ1) is 13.4. The minimum atomic E-state index is -4.17. The van der Waals surface area contributed by atoms with E-state index in [0.29, 0.717) is 25.6 Å². The summed E-state index contributed by atoms with van der Waals surface area (Å²) < 4.78 is 37.3. The molecule has 0 aromatic heterocycles. The Morgan fingerprint density at radius 1 is 1.18 bits per heavy atom. The standard InChI is InChI=1S/C20H32F3N5/c1-3-24-19(25-11-14-27(2)16-20(21,22)23)26-15-18(28-12-7-8-13-28)17-9-5-4-6-10-17/h4-6,9-10,18H,3,7-8,11-16H2,1-2H3,(H2,24,25,26). The van der Waals surface area contributed by atoms with Crippen LogP contribution in [0.4, 0.5) is 13.2 Å². The molecule has 1 saturated heterocycles. The lowest BCUT2D eigenvalue weighted by Crippen LogP contribution is -2.43. The first-order valence-electron chi connectivity index (χ1n) is 9.95. The van der Waals surface area contributed by atoms with Crippen molar-refractivity contribution in [1.29, 1.82) is 0 Å². The lowest BCUT2D eigenvalue weighted by atomic mass is 10.1. The average Bonchev–Trinajstić information content (AvgIpc) is 3.15. The summed E-state index contributed by atoms with van der Waals surface area (Å²) in [5.41, 5.74) is 1.24. The van der Waals surface area contributed by atoms with Crippen LogP contribution in [0.5, 0.6) is 0 Å². The van der Waals surface area contributed by atoms with Crippen LogP contribution in [0.3, 0.4) is 0 Å². The van der Waals surface area contributed by atoms with Gasteiger partial charge in [-0.15, -0.1) is 0 Å². The highest BCUT2D eigenvalue weighted by molar-refractivity contribution is 5.79. The third-order valence-electron chi connectivity index (χ3n) is 4.77. The predicted octanol–water partition coefficient (Wildman–Crippen LogP) is 2.87. The number of nitrogens with zero attached hydrogens (tertiary/aromatic N) is 3. The van der Waals surface area contributed by atoms with E-state index < -0.39 is 12.7 Å². The fourth-order valence-corrected chi connectivity index (χ4v) is 3.43. The molecule has 2 rings (SSSR count). The molecule has 8 heteroatoms. The van der Waals surface area contributed by atoms with E-state index in [2.05, 4.69) is 27.7 Å². The Morgan fingerprint density at radius 2 is 1.86 bits per heavy atom. The molecule has 28 heavy (non-hydrogen) atoms. The molecule has 1 aliphatic rings. The summed E-state index contributed by atoms with van der Waals surface area (Å²) >= 11 is 0. The number of alkyl halides is 3. The van der Waals surface area contributed by atoms with Gasteiger partial charge in [-0.1, -0.05) is 30.3 Å². The zero-order chi connectivity index (χ0) is 20.4. The van der Waals surface area contributed by atoms with Gasteiger partial charge in [0.25, 0.3) is 0 Å². The second-order valence-corrected chi connectivity index (χ2v) is 7.17. The molecule has 1 atom stereocenters. The van der Waals surface area contributed by atoms with Gasteiger partial charge in [-0.25, -0.2) is 0 Å². The van der Waals surface area contributed by atoms with E-state index in [4.69, 9.17) is 4.99 Å². The van der Waals surface area contributed by atoms with Crippen LogP contribution in [0.15, 0.2) is 35.3 Å². The largest absolute Gasteiger partial charge is 0.401 e. The molecule has 1 aliphatic heterocycles. The smallest absolute Gasteiger partial charge is 0.357 e. The molecule has 0 amide bonds. The number of nitrogens with one attached hydrogen (secondary N) is 2. The molecule has 0 radical (unpaired) electrons. The normalized spacial score (nSPS) is 17.1. The minimum absolute atomic E-state index is 0.215. The molecule has 1 fully saturated rings. The highest BCUT2D eigenvalue weighted by Crippen LogP contribution is 2.25. The summed E-state index contributed by atoms with van der Waals surface area (Å²) in [7, 11) is 1.47. The molecule has 5 nitrogen and oxygen atoms in total. The van der Waals surface area contributed by atoms with Crippen molar-refractivity contribution in [3.63, 3.8) is 0 Å². The zero-order valence-electron chi connectivity index (χ0n) is 16.8. The Bertz CT molecular complexity index is 585. The number of rotatable bonds is 9. The Balaban J connectivity index is 1.94. The van der Waals surface area contributed by atoms with Crippen LogP contribution >= 0.6 is 0 Å². The summed E-state index contributed by atoms with van der Waals surface area (Å²) in [5, 5.41) is 6.33. The molecule has 0 aliphatic carbocycles. The van der Waals surface area contributed by atoms with Crippen molar-refractivity contribution in [3.8, 4) is 0 Å². The van der Waals surface area contributed by atoms with Crippen LogP contribution in [0.25, 0.3) is 0 Å². The van der Waals surface area contributed by atoms with Crippen LogP contribution in [0.1, 0.15) is 31.4 Å². The Morgan fingerprint density at radius 3 is 2.46 bits per heavy atom. The number of hydrogen-bond acceptors (Lipinski definition) is 3. The molecule has 1 heterocycles. The summed E-state index contributed by atoms with van der Waals surface area (Å²) in [6.45, 7) is 5.20.